The van der Waals surface area contributed by atoms with Crippen LogP contribution in [0.15, 0.2) is 59.8 Å². The van der Waals surface area contributed by atoms with E-state index in [-0.39, 0.29) is 17.3 Å². The average Bonchev–Trinajstić information content (AvgIpc) is 2.59. The lowest BCUT2D eigenvalue weighted by Crippen LogP contribution is -2.26. The number of nitrogens with one attached hydrogen (secondary N) is 1. The van der Waals surface area contributed by atoms with Crippen LogP contribution in [0.5, 0.6) is 0 Å². The SMILES string of the molecule is CN(C)S(=O)(=O)c1ccccc1CNC(=O)/C=C/c1ccncc1. The van der Waals surface area contributed by atoms with Gasteiger partial charge in [-0.3, -0.25) is 9.78 Å². The lowest BCUT2D eigenvalue weighted by Gasteiger charge is -2.15. The smallest absolute Gasteiger partial charge is 0.244 e. The molecule has 0 bridgehead atoms. The summed E-state index contributed by atoms with van der Waals surface area (Å²) < 4.78 is 25.8. The molecule has 1 aromatic heterocycles. The average molecular weight is 345 g/mol. The number of sulfonamides is 1. The monoisotopic (exact) mass is 345 g/mol. The summed E-state index contributed by atoms with van der Waals surface area (Å²) >= 11 is 0. The van der Waals surface area contributed by atoms with Crippen LogP contribution in [-0.2, 0) is 21.4 Å². The number of hydrogen-bond acceptors (Lipinski definition) is 4. The van der Waals surface area contributed by atoms with Crippen molar-refractivity contribution in [3.05, 3.63) is 66.0 Å². The van der Waals surface area contributed by atoms with Crippen molar-refractivity contribution in [1.82, 2.24) is 14.6 Å². The number of nitrogens with zero attached hydrogens (tertiary/aromatic N) is 2. The van der Waals surface area contributed by atoms with Crippen molar-refractivity contribution in [2.24, 2.45) is 0 Å². The van der Waals surface area contributed by atoms with Gasteiger partial charge in [0.05, 0.1) is 4.90 Å². The molecular weight excluding hydrogens is 326 g/mol. The predicted molar refractivity (Wildman–Crippen MR) is 92.4 cm³/mol. The fourth-order valence-electron chi connectivity index (χ4n) is 1.99. The van der Waals surface area contributed by atoms with Crippen LogP contribution in [0.2, 0.25) is 0 Å². The molecule has 0 aliphatic carbocycles. The number of aromatic nitrogens is 1. The zero-order chi connectivity index (χ0) is 17.6. The van der Waals surface area contributed by atoms with Gasteiger partial charge >= 0.3 is 0 Å². The molecular formula is C17H19N3O3S. The van der Waals surface area contributed by atoms with Crippen molar-refractivity contribution in [2.45, 2.75) is 11.4 Å². The van der Waals surface area contributed by atoms with Gasteiger partial charge in [-0.2, -0.15) is 0 Å². The first-order valence-corrected chi connectivity index (χ1v) is 8.71. The Hall–Kier alpha value is -2.51. The molecule has 1 amide bonds. The Morgan fingerprint density at radius 1 is 1.17 bits per heavy atom. The molecule has 0 radical (unpaired) electrons. The molecule has 0 aliphatic heterocycles. The molecule has 0 fully saturated rings. The van der Waals surface area contributed by atoms with Gasteiger partial charge < -0.3 is 5.32 Å². The van der Waals surface area contributed by atoms with Crippen LogP contribution in [0, 0.1) is 0 Å². The first kappa shape index (κ1) is 17.8. The van der Waals surface area contributed by atoms with E-state index in [1.54, 1.807) is 48.8 Å². The molecule has 0 aliphatic rings. The molecule has 0 saturated carbocycles. The molecule has 126 valence electrons. The molecule has 6 nitrogen and oxygen atoms in total. The van der Waals surface area contributed by atoms with E-state index in [2.05, 4.69) is 10.3 Å². The lowest BCUT2D eigenvalue weighted by molar-refractivity contribution is -0.116. The Bertz CT molecular complexity index is 831. The summed E-state index contributed by atoms with van der Waals surface area (Å²) in [5, 5.41) is 2.70. The first-order valence-electron chi connectivity index (χ1n) is 7.27. The van der Waals surface area contributed by atoms with E-state index in [1.807, 2.05) is 0 Å². The van der Waals surface area contributed by atoms with Crippen LogP contribution in [0.25, 0.3) is 6.08 Å². The highest BCUT2D eigenvalue weighted by atomic mass is 32.2. The van der Waals surface area contributed by atoms with Crippen molar-refractivity contribution < 1.29 is 13.2 Å². The van der Waals surface area contributed by atoms with E-state index >= 15 is 0 Å². The normalized spacial score (nSPS) is 11.8. The second kappa shape index (κ2) is 7.85. The van der Waals surface area contributed by atoms with Gasteiger partial charge in [-0.25, -0.2) is 12.7 Å². The maximum atomic E-state index is 12.3. The van der Waals surface area contributed by atoms with Crippen molar-refractivity contribution in [1.29, 1.82) is 0 Å². The molecule has 0 saturated heterocycles. The molecule has 0 spiro atoms. The van der Waals surface area contributed by atoms with Gasteiger partial charge in [-0.1, -0.05) is 18.2 Å². The number of carbonyl (C=O) groups is 1. The number of amides is 1. The number of carbonyl (C=O) groups excluding carboxylic acids is 1. The van der Waals surface area contributed by atoms with Gasteiger partial charge in [0.25, 0.3) is 0 Å². The lowest BCUT2D eigenvalue weighted by atomic mass is 10.2. The third-order valence-corrected chi connectivity index (χ3v) is 5.23. The number of pyridine rings is 1. The van der Waals surface area contributed by atoms with E-state index in [4.69, 9.17) is 0 Å². The van der Waals surface area contributed by atoms with E-state index in [0.29, 0.717) is 5.56 Å². The summed E-state index contributed by atoms with van der Waals surface area (Å²) in [4.78, 5) is 16.0. The predicted octanol–water partition coefficient (Wildman–Crippen LogP) is 1.66. The summed E-state index contributed by atoms with van der Waals surface area (Å²) in [5.41, 5.74) is 1.40. The maximum absolute atomic E-state index is 12.3. The fraction of sp³-hybridized carbons (Fsp3) is 0.176. The Balaban J connectivity index is 2.08. The van der Waals surface area contributed by atoms with Gasteiger partial charge in [0.2, 0.25) is 15.9 Å². The van der Waals surface area contributed by atoms with Crippen LogP contribution in [0.3, 0.4) is 0 Å². The van der Waals surface area contributed by atoms with Gasteiger partial charge in [0.1, 0.15) is 0 Å². The summed E-state index contributed by atoms with van der Waals surface area (Å²) in [6.07, 6.45) is 6.34. The van der Waals surface area contributed by atoms with Crippen LogP contribution in [0.4, 0.5) is 0 Å². The first-order chi connectivity index (χ1) is 11.4. The molecule has 1 heterocycles. The number of hydrogen-bond donors (Lipinski definition) is 1. The Kier molecular flexibility index (Phi) is 5.83. The van der Waals surface area contributed by atoms with E-state index in [1.165, 1.54) is 26.2 Å². The summed E-state index contributed by atoms with van der Waals surface area (Å²) in [6, 6.07) is 10.2. The molecule has 2 aromatic rings. The van der Waals surface area contributed by atoms with Gasteiger partial charge in [0, 0.05) is 39.1 Å². The summed E-state index contributed by atoms with van der Waals surface area (Å²) in [7, 11) is -0.605. The summed E-state index contributed by atoms with van der Waals surface area (Å²) in [5.74, 6) is -0.302. The Morgan fingerprint density at radius 3 is 2.50 bits per heavy atom. The minimum atomic E-state index is -3.55. The third-order valence-electron chi connectivity index (χ3n) is 3.32. The molecule has 1 N–H and O–H groups in total. The second-order valence-electron chi connectivity index (χ2n) is 5.23. The Morgan fingerprint density at radius 2 is 1.83 bits per heavy atom. The topological polar surface area (TPSA) is 79.4 Å². The van der Waals surface area contributed by atoms with Crippen LogP contribution in [0.1, 0.15) is 11.1 Å². The standard InChI is InChI=1S/C17H19N3O3S/c1-20(2)24(22,23)16-6-4-3-5-15(16)13-19-17(21)8-7-14-9-11-18-12-10-14/h3-12H,13H2,1-2H3,(H,19,21)/b8-7+. The molecule has 2 rings (SSSR count). The molecule has 24 heavy (non-hydrogen) atoms. The van der Waals surface area contributed by atoms with E-state index < -0.39 is 10.0 Å². The van der Waals surface area contributed by atoms with Crippen LogP contribution in [-0.4, -0.2) is 37.7 Å². The molecule has 0 atom stereocenters. The number of rotatable bonds is 6. The van der Waals surface area contributed by atoms with E-state index in [9.17, 15) is 13.2 Å². The van der Waals surface area contributed by atoms with Crippen molar-refractivity contribution in [3.8, 4) is 0 Å². The quantitative estimate of drug-likeness (QED) is 0.808. The van der Waals surface area contributed by atoms with Gasteiger partial charge in [0.15, 0.2) is 0 Å². The van der Waals surface area contributed by atoms with Crippen molar-refractivity contribution >= 4 is 22.0 Å². The highest BCUT2D eigenvalue weighted by Crippen LogP contribution is 2.18. The maximum Gasteiger partial charge on any atom is 0.244 e. The van der Waals surface area contributed by atoms with Crippen LogP contribution < -0.4 is 5.32 Å². The van der Waals surface area contributed by atoms with Gasteiger partial charge in [-0.15, -0.1) is 0 Å². The van der Waals surface area contributed by atoms with Crippen molar-refractivity contribution in [2.75, 3.05) is 14.1 Å². The second-order valence-corrected chi connectivity index (χ2v) is 7.35. The highest BCUT2D eigenvalue weighted by molar-refractivity contribution is 7.89. The highest BCUT2D eigenvalue weighted by Gasteiger charge is 2.20. The molecule has 7 heteroatoms. The number of benzene rings is 1. The van der Waals surface area contributed by atoms with Crippen molar-refractivity contribution in [3.63, 3.8) is 0 Å². The molecule has 1 aromatic carbocycles. The zero-order valence-electron chi connectivity index (χ0n) is 13.5. The van der Waals surface area contributed by atoms with E-state index in [0.717, 1.165) is 9.87 Å². The largest absolute Gasteiger partial charge is 0.348 e. The zero-order valence-corrected chi connectivity index (χ0v) is 14.3. The summed E-state index contributed by atoms with van der Waals surface area (Å²) in [6.45, 7) is 0.128. The molecule has 0 unspecified atom stereocenters. The van der Waals surface area contributed by atoms with Gasteiger partial charge in [-0.05, 0) is 35.4 Å². The third kappa shape index (κ3) is 4.50. The Labute approximate surface area is 141 Å². The van der Waals surface area contributed by atoms with Crippen LogP contribution >= 0.6 is 0 Å². The minimum absolute atomic E-state index is 0.128. The fourth-order valence-corrected chi connectivity index (χ4v) is 3.10. The minimum Gasteiger partial charge on any atom is -0.348 e.